The summed E-state index contributed by atoms with van der Waals surface area (Å²) in [6.07, 6.45) is -2.65. The molecule has 0 radical (unpaired) electrons. The Bertz CT molecular complexity index is 168. The fraction of sp³-hybridized carbons (Fsp3) is 1.00. The van der Waals surface area contributed by atoms with Gasteiger partial charge in [-0.2, -0.15) is 0 Å². The maximum Gasteiger partial charge on any atom is 0.264 e. The Morgan fingerprint density at radius 1 is 1.21 bits per heavy atom. The second-order valence-electron chi connectivity index (χ2n) is 4.29. The smallest absolute Gasteiger partial charge is 0.264 e. The summed E-state index contributed by atoms with van der Waals surface area (Å²) >= 11 is 0. The van der Waals surface area contributed by atoms with Crippen LogP contribution in [-0.4, -0.2) is 41.7 Å². The van der Waals surface area contributed by atoms with Crippen molar-refractivity contribution in [3.8, 4) is 0 Å². The van der Waals surface area contributed by atoms with Crippen LogP contribution in [0.5, 0.6) is 0 Å². The van der Waals surface area contributed by atoms with E-state index in [1.165, 1.54) is 0 Å². The van der Waals surface area contributed by atoms with E-state index < -0.39 is 12.5 Å². The van der Waals surface area contributed by atoms with E-state index in [0.717, 1.165) is 13.1 Å². The molecule has 1 atom stereocenters. The molecule has 1 saturated heterocycles. The lowest BCUT2D eigenvalue weighted by Crippen LogP contribution is -2.42. The van der Waals surface area contributed by atoms with Gasteiger partial charge in [-0.1, -0.05) is 0 Å². The number of hydrogen-bond acceptors (Lipinski definition) is 2. The van der Waals surface area contributed by atoms with Crippen LogP contribution >= 0.6 is 0 Å². The third kappa shape index (κ3) is 2.89. The number of hydrogen-bond donors (Lipinski definition) is 1. The number of aliphatic hydroxyl groups excluding tert-OH is 1. The van der Waals surface area contributed by atoms with Crippen LogP contribution < -0.4 is 0 Å². The molecule has 0 bridgehead atoms. The van der Waals surface area contributed by atoms with E-state index in [9.17, 15) is 13.9 Å². The summed E-state index contributed by atoms with van der Waals surface area (Å²) in [5.41, 5.74) is 0. The highest BCUT2D eigenvalue weighted by atomic mass is 19.3. The first-order valence-corrected chi connectivity index (χ1v) is 5.22. The zero-order chi connectivity index (χ0) is 10.7. The van der Waals surface area contributed by atoms with Crippen molar-refractivity contribution < 1.29 is 13.9 Å². The monoisotopic (exact) mass is 207 g/mol. The number of alkyl halides is 2. The van der Waals surface area contributed by atoms with Crippen LogP contribution in [0.4, 0.5) is 8.78 Å². The highest BCUT2D eigenvalue weighted by Crippen LogP contribution is 2.24. The van der Waals surface area contributed by atoms with Crippen molar-refractivity contribution in [3.05, 3.63) is 0 Å². The van der Waals surface area contributed by atoms with E-state index in [2.05, 4.69) is 18.7 Å². The molecule has 0 aliphatic carbocycles. The molecule has 1 heterocycles. The quantitative estimate of drug-likeness (QED) is 0.762. The van der Waals surface area contributed by atoms with Gasteiger partial charge in [0.25, 0.3) is 6.43 Å². The molecule has 14 heavy (non-hydrogen) atoms. The highest BCUT2D eigenvalue weighted by Gasteiger charge is 2.31. The molecule has 0 amide bonds. The van der Waals surface area contributed by atoms with Crippen LogP contribution in [0.3, 0.4) is 0 Å². The summed E-state index contributed by atoms with van der Waals surface area (Å²) in [5, 5.41) is 9.21. The molecular formula is C10H19F2NO. The molecule has 0 aromatic rings. The third-order valence-corrected chi connectivity index (χ3v) is 3.05. The minimum absolute atomic E-state index is 0.218. The molecule has 4 heteroatoms. The lowest BCUT2D eigenvalue weighted by molar-refractivity contribution is -0.0552. The second-order valence-corrected chi connectivity index (χ2v) is 4.29. The number of likely N-dealkylation sites (tertiary alicyclic amines) is 1. The number of rotatable bonds is 3. The largest absolute Gasteiger partial charge is 0.387 e. The lowest BCUT2D eigenvalue weighted by atomic mass is 9.91. The average molecular weight is 207 g/mol. The summed E-state index contributed by atoms with van der Waals surface area (Å²) < 4.78 is 24.4. The first kappa shape index (κ1) is 11.9. The van der Waals surface area contributed by atoms with Crippen molar-refractivity contribution in [2.24, 2.45) is 5.92 Å². The fourth-order valence-electron chi connectivity index (χ4n) is 1.98. The van der Waals surface area contributed by atoms with Gasteiger partial charge in [-0.05, 0) is 45.7 Å². The zero-order valence-corrected chi connectivity index (χ0v) is 8.79. The topological polar surface area (TPSA) is 23.5 Å². The maximum absolute atomic E-state index is 12.2. The van der Waals surface area contributed by atoms with Gasteiger partial charge in [-0.15, -0.1) is 0 Å². The Kier molecular flexibility index (Phi) is 4.26. The van der Waals surface area contributed by atoms with E-state index in [-0.39, 0.29) is 5.92 Å². The van der Waals surface area contributed by atoms with Gasteiger partial charge in [0.2, 0.25) is 0 Å². The summed E-state index contributed by atoms with van der Waals surface area (Å²) in [4.78, 5) is 2.26. The molecule has 0 aromatic carbocycles. The number of nitrogens with zero attached hydrogens (tertiary/aromatic N) is 1. The molecule has 1 fully saturated rings. The predicted molar refractivity (Wildman–Crippen MR) is 51.4 cm³/mol. The summed E-state index contributed by atoms with van der Waals surface area (Å²) in [5.74, 6) is -0.218. The van der Waals surface area contributed by atoms with Crippen LogP contribution in [-0.2, 0) is 0 Å². The van der Waals surface area contributed by atoms with Crippen LogP contribution in [0, 0.1) is 5.92 Å². The molecule has 0 aromatic heterocycles. The van der Waals surface area contributed by atoms with Crippen molar-refractivity contribution in [2.45, 2.75) is 45.3 Å². The van der Waals surface area contributed by atoms with Crippen molar-refractivity contribution in [2.75, 3.05) is 13.1 Å². The predicted octanol–water partition coefficient (Wildman–Crippen LogP) is 1.73. The Morgan fingerprint density at radius 2 is 1.71 bits per heavy atom. The second kappa shape index (κ2) is 5.03. The van der Waals surface area contributed by atoms with E-state index >= 15 is 0 Å². The molecule has 0 saturated carbocycles. The standard InChI is InChI=1S/C10H19F2NO/c1-7(2)13-5-3-8(4-6-13)9(14)10(11)12/h7-10,14H,3-6H2,1-2H3. The van der Waals surface area contributed by atoms with Gasteiger partial charge in [0, 0.05) is 6.04 Å². The lowest BCUT2D eigenvalue weighted by Gasteiger charge is -2.36. The summed E-state index contributed by atoms with van der Waals surface area (Å²) in [6, 6.07) is 0.472. The molecule has 2 nitrogen and oxygen atoms in total. The van der Waals surface area contributed by atoms with E-state index in [0.29, 0.717) is 18.9 Å². The SMILES string of the molecule is CC(C)N1CCC(C(O)C(F)F)CC1. The normalized spacial score (nSPS) is 23.4. The summed E-state index contributed by atoms with van der Waals surface area (Å²) in [6.45, 7) is 5.85. The van der Waals surface area contributed by atoms with Gasteiger partial charge in [0.1, 0.15) is 6.10 Å². The van der Waals surface area contributed by atoms with Gasteiger partial charge < -0.3 is 10.0 Å². The molecule has 1 rings (SSSR count). The molecule has 0 spiro atoms. The minimum Gasteiger partial charge on any atom is -0.387 e. The zero-order valence-electron chi connectivity index (χ0n) is 8.79. The molecule has 1 unspecified atom stereocenters. The van der Waals surface area contributed by atoms with E-state index in [1.807, 2.05) is 0 Å². The molecule has 84 valence electrons. The van der Waals surface area contributed by atoms with Gasteiger partial charge in [-0.3, -0.25) is 0 Å². The summed E-state index contributed by atoms with van der Waals surface area (Å²) in [7, 11) is 0. The highest BCUT2D eigenvalue weighted by molar-refractivity contribution is 4.79. The van der Waals surface area contributed by atoms with Crippen LogP contribution in [0.15, 0.2) is 0 Å². The van der Waals surface area contributed by atoms with Gasteiger partial charge >= 0.3 is 0 Å². The van der Waals surface area contributed by atoms with Crippen LogP contribution in [0.25, 0.3) is 0 Å². The Labute approximate surface area is 83.9 Å². The number of halogens is 2. The van der Waals surface area contributed by atoms with E-state index in [4.69, 9.17) is 0 Å². The third-order valence-electron chi connectivity index (χ3n) is 3.05. The van der Waals surface area contributed by atoms with Crippen LogP contribution in [0.1, 0.15) is 26.7 Å². The van der Waals surface area contributed by atoms with Gasteiger partial charge in [0.15, 0.2) is 0 Å². The van der Waals surface area contributed by atoms with Gasteiger partial charge in [0.05, 0.1) is 0 Å². The molecule has 1 aliphatic heterocycles. The Morgan fingerprint density at radius 3 is 2.07 bits per heavy atom. The van der Waals surface area contributed by atoms with Gasteiger partial charge in [-0.25, -0.2) is 8.78 Å². The Hall–Kier alpha value is -0.220. The van der Waals surface area contributed by atoms with Crippen LogP contribution in [0.2, 0.25) is 0 Å². The van der Waals surface area contributed by atoms with Crippen molar-refractivity contribution in [3.63, 3.8) is 0 Å². The molecule has 1 N–H and O–H groups in total. The van der Waals surface area contributed by atoms with Crippen molar-refractivity contribution >= 4 is 0 Å². The van der Waals surface area contributed by atoms with Crippen molar-refractivity contribution in [1.82, 2.24) is 4.90 Å². The first-order valence-electron chi connectivity index (χ1n) is 5.22. The minimum atomic E-state index is -2.59. The number of piperidine rings is 1. The van der Waals surface area contributed by atoms with E-state index in [1.54, 1.807) is 0 Å². The number of aliphatic hydroxyl groups is 1. The first-order chi connectivity index (χ1) is 6.52. The maximum atomic E-state index is 12.2. The molecular weight excluding hydrogens is 188 g/mol. The van der Waals surface area contributed by atoms with Crippen molar-refractivity contribution in [1.29, 1.82) is 0 Å². The average Bonchev–Trinajstić information content (AvgIpc) is 2.16. The molecule has 1 aliphatic rings. The fourth-order valence-corrected chi connectivity index (χ4v) is 1.98. The Balaban J connectivity index is 2.35.